The molecule has 3 aliphatic rings. The number of ether oxygens (including phenoxy) is 2. The maximum absolute atomic E-state index is 13.8. The molecule has 0 radical (unpaired) electrons. The molecule has 1 aromatic carbocycles. The van der Waals surface area contributed by atoms with Crippen LogP contribution in [0.2, 0.25) is 0 Å². The first-order valence-electron chi connectivity index (χ1n) is 9.01. The van der Waals surface area contributed by atoms with Crippen LogP contribution < -0.4 is 0 Å². The van der Waals surface area contributed by atoms with Crippen LogP contribution in [-0.2, 0) is 16.0 Å². The molecule has 3 aliphatic heterocycles. The van der Waals surface area contributed by atoms with Crippen LogP contribution in [0.25, 0.3) is 0 Å². The Bertz CT molecular complexity index is 558. The minimum atomic E-state index is -0.0878. The first-order chi connectivity index (χ1) is 11.7. The number of likely N-dealkylation sites (tertiary alicyclic amines) is 1. The average molecular weight is 351 g/mol. The molecule has 0 aromatic heterocycles. The molecule has 3 nitrogen and oxygen atoms in total. The quantitative estimate of drug-likeness (QED) is 0.811. The van der Waals surface area contributed by atoms with E-state index in [9.17, 15) is 4.39 Å². The molecule has 0 N–H and O–H groups in total. The Kier molecular flexibility index (Phi) is 5.13. The molecule has 3 heterocycles. The minimum absolute atomic E-state index is 0.0878. The van der Waals surface area contributed by atoms with Crippen molar-refractivity contribution in [3.63, 3.8) is 0 Å². The Morgan fingerprint density at radius 1 is 1.25 bits per heavy atom. The fourth-order valence-electron chi connectivity index (χ4n) is 4.06. The van der Waals surface area contributed by atoms with Crippen LogP contribution in [0.15, 0.2) is 24.3 Å². The molecule has 1 spiro atoms. The summed E-state index contributed by atoms with van der Waals surface area (Å²) in [5.74, 6) is 1.70. The summed E-state index contributed by atoms with van der Waals surface area (Å²) in [6.07, 6.45) is 3.82. The maximum atomic E-state index is 13.8. The lowest BCUT2D eigenvalue weighted by atomic mass is 9.92. The van der Waals surface area contributed by atoms with E-state index in [4.69, 9.17) is 9.47 Å². The molecule has 3 fully saturated rings. The van der Waals surface area contributed by atoms with E-state index in [1.807, 2.05) is 12.1 Å². The molecule has 0 saturated carbocycles. The fraction of sp³-hybridized carbons (Fsp3) is 0.684. The molecule has 5 heteroatoms. The fourth-order valence-corrected chi connectivity index (χ4v) is 5.67. The Morgan fingerprint density at radius 2 is 2.04 bits per heavy atom. The van der Waals surface area contributed by atoms with Gasteiger partial charge in [0.2, 0.25) is 0 Å². The highest BCUT2D eigenvalue weighted by Crippen LogP contribution is 2.46. The normalized spacial score (nSPS) is 27.5. The summed E-state index contributed by atoms with van der Waals surface area (Å²) in [6, 6.07) is 7.11. The Morgan fingerprint density at radius 3 is 2.83 bits per heavy atom. The van der Waals surface area contributed by atoms with Crippen molar-refractivity contribution in [1.29, 1.82) is 0 Å². The Hall–Kier alpha value is -0.620. The minimum Gasteiger partial charge on any atom is -0.381 e. The zero-order valence-corrected chi connectivity index (χ0v) is 14.9. The third-order valence-corrected chi connectivity index (χ3v) is 7.03. The van der Waals surface area contributed by atoms with Gasteiger partial charge in [-0.05, 0) is 31.2 Å². The zero-order chi connectivity index (χ0) is 16.4. The smallest absolute Gasteiger partial charge is 0.127 e. The van der Waals surface area contributed by atoms with Crippen molar-refractivity contribution >= 4 is 11.8 Å². The lowest BCUT2D eigenvalue weighted by molar-refractivity contribution is -0.0133. The largest absolute Gasteiger partial charge is 0.381 e. The predicted molar refractivity (Wildman–Crippen MR) is 94.8 cm³/mol. The van der Waals surface area contributed by atoms with Gasteiger partial charge in [-0.3, -0.25) is 4.90 Å². The highest BCUT2D eigenvalue weighted by molar-refractivity contribution is 8.01. The molecule has 1 atom stereocenters. The van der Waals surface area contributed by atoms with Gasteiger partial charge in [0.1, 0.15) is 5.82 Å². The lowest BCUT2D eigenvalue weighted by Gasteiger charge is -2.47. The second-order valence-electron chi connectivity index (χ2n) is 7.45. The van der Waals surface area contributed by atoms with Gasteiger partial charge in [0.15, 0.2) is 0 Å². The van der Waals surface area contributed by atoms with Crippen molar-refractivity contribution in [2.24, 2.45) is 5.92 Å². The van der Waals surface area contributed by atoms with Gasteiger partial charge in [0, 0.05) is 55.5 Å². The Labute approximate surface area is 147 Å². The molecule has 1 aromatic rings. The molecule has 24 heavy (non-hydrogen) atoms. The number of benzene rings is 1. The second kappa shape index (κ2) is 7.32. The van der Waals surface area contributed by atoms with Crippen LogP contribution in [0.1, 0.15) is 24.8 Å². The highest BCUT2D eigenvalue weighted by Gasteiger charge is 2.49. The molecule has 0 amide bonds. The first kappa shape index (κ1) is 16.8. The van der Waals surface area contributed by atoms with Gasteiger partial charge in [0.05, 0.1) is 6.10 Å². The standard InChI is InChI=1S/C19H26FNO2S/c20-18-4-2-1-3-16(18)10-21-13-19(14-21)9-17(12-24-19)23-11-15-5-7-22-8-6-15/h1-4,15,17H,5-14H2/t17-/m1/s1. The number of rotatable bonds is 5. The summed E-state index contributed by atoms with van der Waals surface area (Å²) < 4.78 is 25.7. The van der Waals surface area contributed by atoms with Gasteiger partial charge in [-0.1, -0.05) is 18.2 Å². The highest BCUT2D eigenvalue weighted by atomic mass is 32.2. The molecule has 4 rings (SSSR count). The van der Waals surface area contributed by atoms with E-state index in [1.54, 1.807) is 12.1 Å². The van der Waals surface area contributed by atoms with Crippen molar-refractivity contribution in [3.8, 4) is 0 Å². The van der Waals surface area contributed by atoms with Gasteiger partial charge in [-0.2, -0.15) is 0 Å². The molecule has 0 aliphatic carbocycles. The lowest BCUT2D eigenvalue weighted by Crippen LogP contribution is -2.58. The van der Waals surface area contributed by atoms with Crippen molar-refractivity contribution in [1.82, 2.24) is 4.90 Å². The van der Waals surface area contributed by atoms with E-state index in [0.29, 0.717) is 16.8 Å². The third-order valence-electron chi connectivity index (χ3n) is 5.46. The summed E-state index contributed by atoms with van der Waals surface area (Å²) in [5.41, 5.74) is 0.808. The van der Waals surface area contributed by atoms with Crippen LogP contribution in [-0.4, -0.2) is 54.4 Å². The number of hydrogen-bond donors (Lipinski definition) is 0. The van der Waals surface area contributed by atoms with Crippen LogP contribution in [0.4, 0.5) is 4.39 Å². The van der Waals surface area contributed by atoms with Gasteiger partial charge >= 0.3 is 0 Å². The summed E-state index contributed by atoms with van der Waals surface area (Å²) >= 11 is 2.06. The van der Waals surface area contributed by atoms with Gasteiger partial charge in [-0.15, -0.1) is 11.8 Å². The molecule has 0 unspecified atom stereocenters. The van der Waals surface area contributed by atoms with Crippen LogP contribution in [0.3, 0.4) is 0 Å². The van der Waals surface area contributed by atoms with Crippen molar-refractivity contribution in [2.75, 3.05) is 38.7 Å². The summed E-state index contributed by atoms with van der Waals surface area (Å²) in [6.45, 7) is 5.52. The van der Waals surface area contributed by atoms with Crippen LogP contribution in [0, 0.1) is 11.7 Å². The SMILES string of the molecule is Fc1ccccc1CN1CC2(C[C@@H](OCC3CCOCC3)CS2)C1. The predicted octanol–water partition coefficient (Wildman–Crippen LogP) is 3.33. The van der Waals surface area contributed by atoms with Crippen molar-refractivity contribution in [3.05, 3.63) is 35.6 Å². The van der Waals surface area contributed by atoms with E-state index in [-0.39, 0.29) is 5.82 Å². The van der Waals surface area contributed by atoms with Crippen LogP contribution >= 0.6 is 11.8 Å². The number of nitrogens with zero attached hydrogens (tertiary/aromatic N) is 1. The number of halogens is 1. The second-order valence-corrected chi connectivity index (χ2v) is 8.93. The molecular weight excluding hydrogens is 325 g/mol. The topological polar surface area (TPSA) is 21.7 Å². The first-order valence-corrected chi connectivity index (χ1v) is 10.0. The van der Waals surface area contributed by atoms with Crippen molar-refractivity contribution < 1.29 is 13.9 Å². The number of hydrogen-bond acceptors (Lipinski definition) is 4. The van der Waals surface area contributed by atoms with E-state index < -0.39 is 0 Å². The van der Waals surface area contributed by atoms with Gasteiger partial charge < -0.3 is 9.47 Å². The van der Waals surface area contributed by atoms with E-state index in [2.05, 4.69) is 16.7 Å². The molecular formula is C19H26FNO2S. The Balaban J connectivity index is 1.21. The van der Waals surface area contributed by atoms with Gasteiger partial charge in [-0.25, -0.2) is 4.39 Å². The summed E-state index contributed by atoms with van der Waals surface area (Å²) in [7, 11) is 0. The van der Waals surface area contributed by atoms with E-state index >= 15 is 0 Å². The molecule has 132 valence electrons. The van der Waals surface area contributed by atoms with Crippen molar-refractivity contribution in [2.45, 2.75) is 36.7 Å². The van der Waals surface area contributed by atoms with Crippen LogP contribution in [0.5, 0.6) is 0 Å². The molecule has 3 saturated heterocycles. The van der Waals surface area contributed by atoms with E-state index in [1.165, 1.54) is 0 Å². The summed E-state index contributed by atoms with van der Waals surface area (Å²) in [4.78, 5) is 2.35. The monoisotopic (exact) mass is 351 g/mol. The number of thioether (sulfide) groups is 1. The summed E-state index contributed by atoms with van der Waals surface area (Å²) in [5, 5.41) is 0. The van der Waals surface area contributed by atoms with Gasteiger partial charge in [0.25, 0.3) is 0 Å². The van der Waals surface area contributed by atoms with E-state index in [0.717, 1.165) is 70.0 Å². The third kappa shape index (κ3) is 3.79. The molecule has 0 bridgehead atoms. The zero-order valence-electron chi connectivity index (χ0n) is 14.1. The average Bonchev–Trinajstić information content (AvgIpc) is 3.00. The maximum Gasteiger partial charge on any atom is 0.127 e.